The van der Waals surface area contributed by atoms with E-state index in [-0.39, 0.29) is 5.69 Å². The summed E-state index contributed by atoms with van der Waals surface area (Å²) in [5, 5.41) is 10.7. The number of rotatable bonds is 4. The van der Waals surface area contributed by atoms with Crippen molar-refractivity contribution in [3.63, 3.8) is 0 Å². The van der Waals surface area contributed by atoms with Gasteiger partial charge < -0.3 is 10.5 Å². The number of nitrogens with two attached hydrogens (primary N) is 1. The summed E-state index contributed by atoms with van der Waals surface area (Å²) in [4.78, 5) is 10.2. The van der Waals surface area contributed by atoms with Crippen LogP contribution < -0.4 is 10.5 Å². The summed E-state index contributed by atoms with van der Waals surface area (Å²) < 4.78 is 6.42. The highest BCUT2D eigenvalue weighted by Gasteiger charge is 2.07. The van der Waals surface area contributed by atoms with Crippen LogP contribution in [0.3, 0.4) is 0 Å². The Kier molecular flexibility index (Phi) is 4.13. The number of benzene rings is 2. The molecule has 0 aliphatic heterocycles. The molecule has 0 amide bonds. The summed E-state index contributed by atoms with van der Waals surface area (Å²) in [7, 11) is 0. The van der Waals surface area contributed by atoms with Crippen LogP contribution in [0.5, 0.6) is 11.5 Å². The van der Waals surface area contributed by atoms with Crippen LogP contribution >= 0.6 is 15.9 Å². The van der Waals surface area contributed by atoms with Gasteiger partial charge in [0.25, 0.3) is 5.69 Å². The largest absolute Gasteiger partial charge is 0.457 e. The summed E-state index contributed by atoms with van der Waals surface area (Å²) in [6.45, 7) is 0.428. The maximum atomic E-state index is 10.7. The molecule has 2 rings (SSSR count). The molecule has 0 heterocycles. The monoisotopic (exact) mass is 322 g/mol. The smallest absolute Gasteiger partial charge is 0.273 e. The molecule has 0 aromatic heterocycles. The second-order valence-corrected chi connectivity index (χ2v) is 4.67. The van der Waals surface area contributed by atoms with E-state index >= 15 is 0 Å². The number of nitro groups is 1. The molecule has 5 nitrogen and oxygen atoms in total. The van der Waals surface area contributed by atoms with Gasteiger partial charge in [0.2, 0.25) is 0 Å². The lowest BCUT2D eigenvalue weighted by Gasteiger charge is -2.08. The van der Waals surface area contributed by atoms with Crippen molar-refractivity contribution in [2.75, 3.05) is 0 Å². The summed E-state index contributed by atoms with van der Waals surface area (Å²) in [6, 6.07) is 11.4. The Morgan fingerprint density at radius 2 is 1.95 bits per heavy atom. The van der Waals surface area contributed by atoms with Crippen LogP contribution in [0.1, 0.15) is 5.56 Å². The van der Waals surface area contributed by atoms with E-state index < -0.39 is 4.92 Å². The molecule has 6 heteroatoms. The van der Waals surface area contributed by atoms with Crippen molar-refractivity contribution in [3.05, 3.63) is 62.6 Å². The molecule has 0 radical (unpaired) electrons. The van der Waals surface area contributed by atoms with Crippen molar-refractivity contribution in [2.45, 2.75) is 6.54 Å². The van der Waals surface area contributed by atoms with Crippen LogP contribution in [-0.4, -0.2) is 4.92 Å². The summed E-state index contributed by atoms with van der Waals surface area (Å²) in [5.41, 5.74) is 6.52. The van der Waals surface area contributed by atoms with Gasteiger partial charge in [0.1, 0.15) is 11.5 Å². The maximum absolute atomic E-state index is 10.7. The zero-order valence-electron chi connectivity index (χ0n) is 9.88. The fourth-order valence-electron chi connectivity index (χ4n) is 1.55. The van der Waals surface area contributed by atoms with E-state index in [1.165, 1.54) is 12.1 Å². The van der Waals surface area contributed by atoms with Gasteiger partial charge in [-0.1, -0.05) is 28.1 Å². The molecule has 0 saturated carbocycles. The topological polar surface area (TPSA) is 78.4 Å². The Hall–Kier alpha value is -1.92. The summed E-state index contributed by atoms with van der Waals surface area (Å²) in [5.74, 6) is 1.01. The van der Waals surface area contributed by atoms with Crippen molar-refractivity contribution in [3.8, 4) is 11.5 Å². The van der Waals surface area contributed by atoms with Crippen molar-refractivity contribution in [1.82, 2.24) is 0 Å². The highest BCUT2D eigenvalue weighted by atomic mass is 79.9. The third kappa shape index (κ3) is 3.30. The van der Waals surface area contributed by atoms with Crippen molar-refractivity contribution >= 4 is 21.6 Å². The minimum Gasteiger partial charge on any atom is -0.457 e. The van der Waals surface area contributed by atoms with Crippen LogP contribution in [-0.2, 0) is 6.54 Å². The van der Waals surface area contributed by atoms with Crippen molar-refractivity contribution in [1.29, 1.82) is 0 Å². The van der Waals surface area contributed by atoms with Gasteiger partial charge in [-0.15, -0.1) is 0 Å². The molecule has 0 atom stereocenters. The first-order valence-corrected chi connectivity index (χ1v) is 6.30. The number of ether oxygens (including phenoxy) is 1. The molecule has 0 fully saturated rings. The molecule has 2 aromatic carbocycles. The van der Waals surface area contributed by atoms with Gasteiger partial charge in [0.05, 0.1) is 11.0 Å². The first kappa shape index (κ1) is 13.5. The number of nitrogens with zero attached hydrogens (tertiary/aromatic N) is 1. The minimum atomic E-state index is -0.458. The average molecular weight is 323 g/mol. The standard InChI is InChI=1S/C13H11BrN2O3/c14-13-7-12(5-4-9(13)8-15)19-11-3-1-2-10(6-11)16(17)18/h1-7H,8,15H2. The summed E-state index contributed by atoms with van der Waals surface area (Å²) >= 11 is 3.39. The maximum Gasteiger partial charge on any atom is 0.273 e. The third-order valence-corrected chi connectivity index (χ3v) is 3.25. The van der Waals surface area contributed by atoms with Crippen molar-refractivity contribution in [2.24, 2.45) is 5.73 Å². The van der Waals surface area contributed by atoms with Gasteiger partial charge >= 0.3 is 0 Å². The number of nitro benzene ring substituents is 1. The van der Waals surface area contributed by atoms with Crippen LogP contribution in [0.25, 0.3) is 0 Å². The van der Waals surface area contributed by atoms with E-state index in [1.807, 2.05) is 6.07 Å². The van der Waals surface area contributed by atoms with Gasteiger partial charge in [-0.2, -0.15) is 0 Å². The highest BCUT2D eigenvalue weighted by molar-refractivity contribution is 9.10. The third-order valence-electron chi connectivity index (χ3n) is 2.51. The van der Waals surface area contributed by atoms with Crippen LogP contribution in [0.15, 0.2) is 46.9 Å². The molecular weight excluding hydrogens is 312 g/mol. The fourth-order valence-corrected chi connectivity index (χ4v) is 2.07. The molecule has 0 saturated heterocycles. The molecule has 0 bridgehead atoms. The second kappa shape index (κ2) is 5.81. The Morgan fingerprint density at radius 3 is 2.58 bits per heavy atom. The molecule has 19 heavy (non-hydrogen) atoms. The van der Waals surface area contributed by atoms with Crippen LogP contribution in [0, 0.1) is 10.1 Å². The molecule has 2 N–H and O–H groups in total. The molecule has 0 aliphatic rings. The molecule has 2 aromatic rings. The zero-order chi connectivity index (χ0) is 13.8. The number of non-ortho nitro benzene ring substituents is 1. The normalized spacial score (nSPS) is 10.2. The molecule has 0 unspecified atom stereocenters. The Balaban J connectivity index is 2.23. The van der Waals surface area contributed by atoms with Crippen molar-refractivity contribution < 1.29 is 9.66 Å². The Bertz CT molecular complexity index is 617. The second-order valence-electron chi connectivity index (χ2n) is 3.81. The van der Waals surface area contributed by atoms with Gasteiger partial charge in [0.15, 0.2) is 0 Å². The van der Waals surface area contributed by atoms with E-state index in [9.17, 15) is 10.1 Å². The SMILES string of the molecule is NCc1ccc(Oc2cccc([N+](=O)[O-])c2)cc1Br. The molecule has 0 spiro atoms. The average Bonchev–Trinajstić information content (AvgIpc) is 2.39. The van der Waals surface area contributed by atoms with E-state index in [0.29, 0.717) is 18.0 Å². The fraction of sp³-hybridized carbons (Fsp3) is 0.0769. The summed E-state index contributed by atoms with van der Waals surface area (Å²) in [6.07, 6.45) is 0. The Labute approximate surface area is 118 Å². The molecule has 98 valence electrons. The highest BCUT2D eigenvalue weighted by Crippen LogP contribution is 2.28. The number of hydrogen-bond donors (Lipinski definition) is 1. The van der Waals surface area contributed by atoms with Gasteiger partial charge in [-0.25, -0.2) is 0 Å². The first-order chi connectivity index (χ1) is 9.10. The lowest BCUT2D eigenvalue weighted by Crippen LogP contribution is -1.97. The van der Waals surface area contributed by atoms with Gasteiger partial charge in [-0.05, 0) is 23.8 Å². The quantitative estimate of drug-likeness (QED) is 0.689. The minimum absolute atomic E-state index is 0.00450. The van der Waals surface area contributed by atoms with Gasteiger partial charge in [0, 0.05) is 17.1 Å². The lowest BCUT2D eigenvalue weighted by atomic mass is 10.2. The van der Waals surface area contributed by atoms with E-state index in [0.717, 1.165) is 10.0 Å². The predicted molar refractivity (Wildman–Crippen MR) is 75.2 cm³/mol. The van der Waals surface area contributed by atoms with Crippen LogP contribution in [0.2, 0.25) is 0 Å². The lowest BCUT2D eigenvalue weighted by molar-refractivity contribution is -0.384. The zero-order valence-corrected chi connectivity index (χ0v) is 11.5. The van der Waals surface area contributed by atoms with E-state index in [2.05, 4.69) is 15.9 Å². The van der Waals surface area contributed by atoms with Crippen LogP contribution in [0.4, 0.5) is 5.69 Å². The van der Waals surface area contributed by atoms with Gasteiger partial charge in [-0.3, -0.25) is 10.1 Å². The van der Waals surface area contributed by atoms with E-state index in [1.54, 1.807) is 24.3 Å². The van der Waals surface area contributed by atoms with E-state index in [4.69, 9.17) is 10.5 Å². The molecular formula is C13H11BrN2O3. The molecule has 0 aliphatic carbocycles. The number of halogens is 1. The number of hydrogen-bond acceptors (Lipinski definition) is 4. The Morgan fingerprint density at radius 1 is 1.21 bits per heavy atom. The first-order valence-electron chi connectivity index (χ1n) is 5.51. The predicted octanol–water partition coefficient (Wildman–Crippen LogP) is 3.61.